The van der Waals surface area contributed by atoms with E-state index in [2.05, 4.69) is 10.7 Å². The SMILES string of the molecule is CC/C=C\C(=O)/C(OC(C)=O)=C(\NN)C(=O)NCCOC. The Bertz CT molecular complexity index is 443. The van der Waals surface area contributed by atoms with Gasteiger partial charge in [-0.2, -0.15) is 0 Å². The molecule has 0 fully saturated rings. The molecule has 0 unspecified atom stereocenters. The van der Waals surface area contributed by atoms with Crippen LogP contribution in [0.1, 0.15) is 20.3 Å². The summed E-state index contributed by atoms with van der Waals surface area (Å²) in [5, 5.41) is 2.47. The third-order valence-electron chi connectivity index (χ3n) is 2.16. The smallest absolute Gasteiger partial charge is 0.308 e. The summed E-state index contributed by atoms with van der Waals surface area (Å²) in [5.41, 5.74) is 1.76. The Labute approximate surface area is 123 Å². The zero-order valence-electron chi connectivity index (χ0n) is 12.4. The van der Waals surface area contributed by atoms with Crippen LogP contribution in [0.4, 0.5) is 0 Å². The first-order valence-electron chi connectivity index (χ1n) is 6.35. The number of ketones is 1. The molecule has 0 atom stereocenters. The molecule has 0 aromatic heterocycles. The normalized spacial score (nSPS) is 11.8. The van der Waals surface area contributed by atoms with Crippen LogP contribution in [0.5, 0.6) is 0 Å². The van der Waals surface area contributed by atoms with Gasteiger partial charge in [0.1, 0.15) is 0 Å². The second-order valence-corrected chi connectivity index (χ2v) is 3.87. The summed E-state index contributed by atoms with van der Waals surface area (Å²) >= 11 is 0. The minimum atomic E-state index is -0.735. The number of nitrogens with two attached hydrogens (primary N) is 1. The van der Waals surface area contributed by atoms with E-state index < -0.39 is 23.4 Å². The molecule has 8 heteroatoms. The quantitative estimate of drug-likeness (QED) is 0.131. The third kappa shape index (κ3) is 7.23. The molecule has 1 amide bonds. The van der Waals surface area contributed by atoms with Crippen molar-refractivity contribution in [1.29, 1.82) is 0 Å². The molecule has 0 aromatic carbocycles. The molecule has 0 aliphatic rings. The van der Waals surface area contributed by atoms with Crippen molar-refractivity contribution in [2.75, 3.05) is 20.3 Å². The summed E-state index contributed by atoms with van der Waals surface area (Å²) in [7, 11) is 1.48. The number of esters is 1. The molecule has 0 saturated heterocycles. The molecule has 0 aromatic rings. The Hall–Kier alpha value is -2.19. The van der Waals surface area contributed by atoms with Crippen molar-refractivity contribution in [2.45, 2.75) is 20.3 Å². The van der Waals surface area contributed by atoms with E-state index in [-0.39, 0.29) is 18.8 Å². The van der Waals surface area contributed by atoms with Gasteiger partial charge in [0.15, 0.2) is 5.70 Å². The molecular weight excluding hydrogens is 278 g/mol. The van der Waals surface area contributed by atoms with E-state index in [1.165, 1.54) is 13.2 Å². The number of hydrazine groups is 1. The number of hydrogen-bond acceptors (Lipinski definition) is 7. The fraction of sp³-hybridized carbons (Fsp3) is 0.462. The van der Waals surface area contributed by atoms with Crippen molar-refractivity contribution in [2.24, 2.45) is 5.84 Å². The second-order valence-electron chi connectivity index (χ2n) is 3.87. The molecule has 0 radical (unpaired) electrons. The first-order valence-corrected chi connectivity index (χ1v) is 6.35. The van der Waals surface area contributed by atoms with Gasteiger partial charge in [-0.15, -0.1) is 0 Å². The summed E-state index contributed by atoms with van der Waals surface area (Å²) in [6.07, 6.45) is 3.39. The average Bonchev–Trinajstić information content (AvgIpc) is 2.44. The van der Waals surface area contributed by atoms with Crippen LogP contribution in [0.2, 0.25) is 0 Å². The Balaban J connectivity index is 5.33. The highest BCUT2D eigenvalue weighted by Crippen LogP contribution is 2.07. The van der Waals surface area contributed by atoms with E-state index in [0.717, 1.165) is 6.92 Å². The molecular formula is C13H21N3O5. The number of ether oxygens (including phenoxy) is 2. The van der Waals surface area contributed by atoms with Crippen molar-refractivity contribution in [3.63, 3.8) is 0 Å². The van der Waals surface area contributed by atoms with Crippen LogP contribution in [0.25, 0.3) is 0 Å². The minimum Gasteiger partial charge on any atom is -0.420 e. The van der Waals surface area contributed by atoms with Crippen LogP contribution in [0.3, 0.4) is 0 Å². The molecule has 8 nitrogen and oxygen atoms in total. The zero-order valence-corrected chi connectivity index (χ0v) is 12.4. The van der Waals surface area contributed by atoms with Crippen LogP contribution < -0.4 is 16.6 Å². The lowest BCUT2D eigenvalue weighted by molar-refractivity contribution is -0.139. The maximum absolute atomic E-state index is 12.0. The van der Waals surface area contributed by atoms with Crippen molar-refractivity contribution in [1.82, 2.24) is 10.7 Å². The maximum Gasteiger partial charge on any atom is 0.308 e. The van der Waals surface area contributed by atoms with Crippen molar-refractivity contribution >= 4 is 17.7 Å². The highest BCUT2D eigenvalue weighted by atomic mass is 16.5. The molecule has 4 N–H and O–H groups in total. The third-order valence-corrected chi connectivity index (χ3v) is 2.16. The van der Waals surface area contributed by atoms with Gasteiger partial charge in [0, 0.05) is 20.6 Å². The first kappa shape index (κ1) is 18.8. The van der Waals surface area contributed by atoms with Gasteiger partial charge in [0.05, 0.1) is 6.61 Å². The molecule has 0 spiro atoms. The molecule has 118 valence electrons. The average molecular weight is 299 g/mol. The lowest BCUT2D eigenvalue weighted by Gasteiger charge is -2.12. The summed E-state index contributed by atoms with van der Waals surface area (Å²) in [6.45, 7) is 3.45. The zero-order chi connectivity index (χ0) is 16.3. The van der Waals surface area contributed by atoms with Gasteiger partial charge in [-0.25, -0.2) is 0 Å². The minimum absolute atomic E-state index is 0.215. The van der Waals surface area contributed by atoms with Crippen LogP contribution in [-0.2, 0) is 23.9 Å². The van der Waals surface area contributed by atoms with E-state index in [4.69, 9.17) is 15.3 Å². The molecule has 0 aliphatic heterocycles. The standard InChI is InChI=1S/C13H21N3O5/c1-4-5-6-10(18)12(21-9(2)17)11(16-14)13(19)15-7-8-20-3/h5-6,16H,4,7-8,14H2,1-3H3,(H,15,19)/b6-5-,12-11+. The second kappa shape index (κ2) is 10.6. The number of rotatable bonds is 9. The Morgan fingerprint density at radius 2 is 1.95 bits per heavy atom. The van der Waals surface area contributed by atoms with Gasteiger partial charge in [-0.05, 0) is 12.5 Å². The summed E-state index contributed by atoms with van der Waals surface area (Å²) in [5.74, 6) is 2.75. The molecule has 0 saturated carbocycles. The maximum atomic E-state index is 12.0. The Kier molecular flexibility index (Phi) is 9.48. The molecule has 0 rings (SSSR count). The topological polar surface area (TPSA) is 120 Å². The van der Waals surface area contributed by atoms with Gasteiger partial charge in [-0.1, -0.05) is 13.0 Å². The predicted octanol–water partition coefficient (Wildman–Crippen LogP) is -0.478. The van der Waals surface area contributed by atoms with E-state index in [0.29, 0.717) is 6.42 Å². The van der Waals surface area contributed by atoms with Gasteiger partial charge in [0.2, 0.25) is 11.5 Å². The monoisotopic (exact) mass is 299 g/mol. The molecule has 0 bridgehead atoms. The van der Waals surface area contributed by atoms with E-state index in [1.54, 1.807) is 6.08 Å². The number of carbonyl (C=O) groups is 3. The fourth-order valence-corrected chi connectivity index (χ4v) is 1.26. The number of amides is 1. The van der Waals surface area contributed by atoms with Gasteiger partial charge in [-0.3, -0.25) is 20.2 Å². The summed E-state index contributed by atoms with van der Waals surface area (Å²) in [4.78, 5) is 34.9. The summed E-state index contributed by atoms with van der Waals surface area (Å²) < 4.78 is 9.58. The summed E-state index contributed by atoms with van der Waals surface area (Å²) in [6, 6.07) is 0. The van der Waals surface area contributed by atoms with Crippen LogP contribution in [-0.4, -0.2) is 37.9 Å². The fourth-order valence-electron chi connectivity index (χ4n) is 1.26. The van der Waals surface area contributed by atoms with Gasteiger partial charge in [0.25, 0.3) is 5.91 Å². The van der Waals surface area contributed by atoms with Crippen LogP contribution in [0.15, 0.2) is 23.6 Å². The number of allylic oxidation sites excluding steroid dienone is 2. The Morgan fingerprint density at radius 3 is 2.43 bits per heavy atom. The Morgan fingerprint density at radius 1 is 1.29 bits per heavy atom. The van der Waals surface area contributed by atoms with Gasteiger partial charge >= 0.3 is 5.97 Å². The van der Waals surface area contributed by atoms with Crippen molar-refractivity contribution < 1.29 is 23.9 Å². The highest BCUT2D eigenvalue weighted by molar-refractivity contribution is 6.09. The van der Waals surface area contributed by atoms with E-state index >= 15 is 0 Å². The number of carbonyl (C=O) groups excluding carboxylic acids is 3. The molecule has 0 heterocycles. The van der Waals surface area contributed by atoms with E-state index in [9.17, 15) is 14.4 Å². The van der Waals surface area contributed by atoms with Crippen molar-refractivity contribution in [3.8, 4) is 0 Å². The number of nitrogens with one attached hydrogen (secondary N) is 2. The van der Waals surface area contributed by atoms with Gasteiger partial charge < -0.3 is 20.2 Å². The molecule has 0 aliphatic carbocycles. The van der Waals surface area contributed by atoms with E-state index in [1.807, 2.05) is 6.92 Å². The lowest BCUT2D eigenvalue weighted by Crippen LogP contribution is -2.39. The number of methoxy groups -OCH3 is 1. The predicted molar refractivity (Wildman–Crippen MR) is 75.4 cm³/mol. The largest absolute Gasteiger partial charge is 0.420 e. The van der Waals surface area contributed by atoms with Crippen LogP contribution in [0, 0.1) is 0 Å². The first-order chi connectivity index (χ1) is 9.97. The lowest BCUT2D eigenvalue weighted by atomic mass is 10.2. The van der Waals surface area contributed by atoms with Crippen LogP contribution >= 0.6 is 0 Å². The van der Waals surface area contributed by atoms with Crippen molar-refractivity contribution in [3.05, 3.63) is 23.6 Å². The highest BCUT2D eigenvalue weighted by Gasteiger charge is 2.22. The number of hydrogen-bond donors (Lipinski definition) is 3. The molecule has 21 heavy (non-hydrogen) atoms.